The van der Waals surface area contributed by atoms with Gasteiger partial charge in [0.2, 0.25) is 0 Å². The van der Waals surface area contributed by atoms with Crippen LogP contribution in [0.3, 0.4) is 0 Å². The van der Waals surface area contributed by atoms with Crippen molar-refractivity contribution in [3.63, 3.8) is 0 Å². The molecule has 1 atom stereocenters. The Bertz CT molecular complexity index is 437. The lowest BCUT2D eigenvalue weighted by Gasteiger charge is -2.34. The molecule has 1 aliphatic rings. The third-order valence-electron chi connectivity index (χ3n) is 3.99. The number of sulfone groups is 1. The van der Waals surface area contributed by atoms with Crippen LogP contribution in [-0.2, 0) is 9.84 Å². The van der Waals surface area contributed by atoms with E-state index in [2.05, 4.69) is 27.4 Å². The van der Waals surface area contributed by atoms with E-state index in [1.165, 1.54) is 38.5 Å². The molecule has 2 N–H and O–H groups in total. The van der Waals surface area contributed by atoms with Crippen LogP contribution in [-0.4, -0.2) is 70.1 Å². The van der Waals surface area contributed by atoms with Gasteiger partial charge < -0.3 is 10.6 Å². The molecule has 6 nitrogen and oxygen atoms in total. The van der Waals surface area contributed by atoms with Gasteiger partial charge in [0.25, 0.3) is 0 Å². The third-order valence-corrected chi connectivity index (χ3v) is 4.93. The first-order valence-corrected chi connectivity index (χ1v) is 10.5. The highest BCUT2D eigenvalue weighted by Gasteiger charge is 2.19. The smallest absolute Gasteiger partial charge is 0.191 e. The molecule has 0 spiro atoms. The first-order chi connectivity index (χ1) is 10.5. The molecule has 0 bridgehead atoms. The van der Waals surface area contributed by atoms with Crippen molar-refractivity contribution in [2.45, 2.75) is 45.6 Å². The van der Waals surface area contributed by atoms with Crippen LogP contribution >= 0.6 is 0 Å². The molecule has 1 rings (SSSR count). The van der Waals surface area contributed by atoms with Crippen molar-refractivity contribution in [1.29, 1.82) is 0 Å². The minimum Gasteiger partial charge on any atom is -0.357 e. The average Bonchev–Trinajstić information content (AvgIpc) is 2.46. The van der Waals surface area contributed by atoms with Crippen molar-refractivity contribution in [3.05, 3.63) is 0 Å². The molecule has 22 heavy (non-hydrogen) atoms. The minimum absolute atomic E-state index is 0.126. The van der Waals surface area contributed by atoms with Crippen molar-refractivity contribution >= 4 is 15.8 Å². The second-order valence-corrected chi connectivity index (χ2v) is 8.17. The second-order valence-electron chi connectivity index (χ2n) is 5.91. The normalized spacial score (nSPS) is 20.9. The number of aliphatic imine (C=N–C) groups is 1. The van der Waals surface area contributed by atoms with E-state index in [0.717, 1.165) is 19.6 Å². The summed E-state index contributed by atoms with van der Waals surface area (Å²) in [5.41, 5.74) is 0. The molecule has 0 aromatic rings. The fraction of sp³-hybridized carbons (Fsp3) is 0.933. The Hall–Kier alpha value is -0.820. The fourth-order valence-corrected chi connectivity index (χ4v) is 3.28. The highest BCUT2D eigenvalue weighted by Crippen LogP contribution is 2.18. The average molecular weight is 333 g/mol. The standard InChI is InChI=1S/C15H32N4O2S/c1-4-14-8-6-7-11-19(14)12-9-17-15(16-5-2)18-10-13-22(3,20)21/h14H,4-13H2,1-3H3,(H2,16,17,18). The zero-order valence-electron chi connectivity index (χ0n) is 14.3. The summed E-state index contributed by atoms with van der Waals surface area (Å²) in [6.07, 6.45) is 6.38. The minimum atomic E-state index is -2.94. The van der Waals surface area contributed by atoms with Crippen LogP contribution in [0.1, 0.15) is 39.5 Å². The lowest BCUT2D eigenvalue weighted by molar-refractivity contribution is 0.148. The predicted octanol–water partition coefficient (Wildman–Crippen LogP) is 0.851. The van der Waals surface area contributed by atoms with Gasteiger partial charge in [0, 0.05) is 31.9 Å². The number of likely N-dealkylation sites (tertiary alicyclic amines) is 1. The lowest BCUT2D eigenvalue weighted by atomic mass is 10.0. The Morgan fingerprint density at radius 1 is 1.27 bits per heavy atom. The maximum atomic E-state index is 11.2. The second kappa shape index (κ2) is 10.0. The Morgan fingerprint density at radius 3 is 2.68 bits per heavy atom. The van der Waals surface area contributed by atoms with Gasteiger partial charge in [0.05, 0.1) is 12.3 Å². The van der Waals surface area contributed by atoms with Gasteiger partial charge in [-0.3, -0.25) is 9.89 Å². The summed E-state index contributed by atoms with van der Waals surface area (Å²) in [4.78, 5) is 7.09. The van der Waals surface area contributed by atoms with Gasteiger partial charge >= 0.3 is 0 Å². The van der Waals surface area contributed by atoms with E-state index in [1.807, 2.05) is 6.92 Å². The molecule has 130 valence electrons. The van der Waals surface area contributed by atoms with Crippen LogP contribution in [0.2, 0.25) is 0 Å². The number of nitrogens with zero attached hydrogens (tertiary/aromatic N) is 2. The van der Waals surface area contributed by atoms with Gasteiger partial charge in [0.1, 0.15) is 9.84 Å². The molecule has 0 radical (unpaired) electrons. The Balaban J connectivity index is 2.40. The van der Waals surface area contributed by atoms with Gasteiger partial charge in [-0.25, -0.2) is 8.42 Å². The molecule has 0 aliphatic carbocycles. The molecule has 1 aliphatic heterocycles. The van der Waals surface area contributed by atoms with Crippen LogP contribution in [0.5, 0.6) is 0 Å². The first kappa shape index (κ1) is 19.2. The van der Waals surface area contributed by atoms with Gasteiger partial charge in [-0.2, -0.15) is 0 Å². The first-order valence-electron chi connectivity index (χ1n) is 8.40. The Labute approximate surface area is 135 Å². The van der Waals surface area contributed by atoms with Gasteiger partial charge in [-0.1, -0.05) is 13.3 Å². The molecular formula is C15H32N4O2S. The highest BCUT2D eigenvalue weighted by atomic mass is 32.2. The summed E-state index contributed by atoms with van der Waals surface area (Å²) in [6.45, 7) is 8.31. The summed E-state index contributed by atoms with van der Waals surface area (Å²) in [5.74, 6) is 0.831. The highest BCUT2D eigenvalue weighted by molar-refractivity contribution is 7.90. The number of piperidine rings is 1. The van der Waals surface area contributed by atoms with Gasteiger partial charge in [0.15, 0.2) is 5.96 Å². The van der Waals surface area contributed by atoms with Crippen LogP contribution in [0.15, 0.2) is 4.99 Å². The quantitative estimate of drug-likeness (QED) is 0.509. The monoisotopic (exact) mass is 332 g/mol. The molecule has 0 saturated carbocycles. The number of hydrogen-bond acceptors (Lipinski definition) is 4. The van der Waals surface area contributed by atoms with E-state index in [4.69, 9.17) is 0 Å². The zero-order chi connectivity index (χ0) is 16.4. The van der Waals surface area contributed by atoms with Crippen molar-refractivity contribution < 1.29 is 8.42 Å². The SMILES string of the molecule is CCNC(=NCCN1CCCCC1CC)NCCS(C)(=O)=O. The Morgan fingerprint density at radius 2 is 2.05 bits per heavy atom. The van der Waals surface area contributed by atoms with E-state index in [0.29, 0.717) is 18.5 Å². The van der Waals surface area contributed by atoms with Crippen LogP contribution in [0.4, 0.5) is 0 Å². The van der Waals surface area contributed by atoms with E-state index in [-0.39, 0.29) is 5.75 Å². The van der Waals surface area contributed by atoms with Crippen molar-refractivity contribution in [3.8, 4) is 0 Å². The molecule has 0 aromatic carbocycles. The topological polar surface area (TPSA) is 73.8 Å². The van der Waals surface area contributed by atoms with Crippen molar-refractivity contribution in [2.75, 3.05) is 44.7 Å². The number of rotatable bonds is 8. The summed E-state index contributed by atoms with van der Waals surface area (Å²) >= 11 is 0. The van der Waals surface area contributed by atoms with Crippen LogP contribution in [0.25, 0.3) is 0 Å². The number of guanidine groups is 1. The third kappa shape index (κ3) is 7.98. The van der Waals surface area contributed by atoms with E-state index >= 15 is 0 Å². The molecule has 1 fully saturated rings. The van der Waals surface area contributed by atoms with Crippen molar-refractivity contribution in [1.82, 2.24) is 15.5 Å². The summed E-state index contributed by atoms with van der Waals surface area (Å²) in [7, 11) is -2.94. The molecule has 1 unspecified atom stereocenters. The summed E-state index contributed by atoms with van der Waals surface area (Å²) in [5, 5.41) is 6.24. The van der Waals surface area contributed by atoms with E-state index < -0.39 is 9.84 Å². The van der Waals surface area contributed by atoms with E-state index in [1.54, 1.807) is 0 Å². The zero-order valence-corrected chi connectivity index (χ0v) is 15.1. The maximum absolute atomic E-state index is 11.2. The van der Waals surface area contributed by atoms with Crippen LogP contribution < -0.4 is 10.6 Å². The summed E-state index contributed by atoms with van der Waals surface area (Å²) < 4.78 is 22.3. The molecule has 7 heteroatoms. The fourth-order valence-electron chi connectivity index (χ4n) is 2.80. The largest absolute Gasteiger partial charge is 0.357 e. The maximum Gasteiger partial charge on any atom is 0.191 e. The van der Waals surface area contributed by atoms with E-state index in [9.17, 15) is 8.42 Å². The number of hydrogen-bond donors (Lipinski definition) is 2. The number of nitrogens with one attached hydrogen (secondary N) is 2. The summed E-state index contributed by atoms with van der Waals surface area (Å²) in [6, 6.07) is 0.699. The molecule has 0 amide bonds. The van der Waals surface area contributed by atoms with Crippen LogP contribution in [0, 0.1) is 0 Å². The molecule has 0 aromatic heterocycles. The molecule has 1 heterocycles. The Kier molecular flexibility index (Phi) is 8.78. The predicted molar refractivity (Wildman–Crippen MR) is 93.2 cm³/mol. The lowest BCUT2D eigenvalue weighted by Crippen LogP contribution is -2.42. The molecular weight excluding hydrogens is 300 g/mol. The molecule has 1 saturated heterocycles. The van der Waals surface area contributed by atoms with Crippen molar-refractivity contribution in [2.24, 2.45) is 4.99 Å². The van der Waals surface area contributed by atoms with Gasteiger partial charge in [-0.05, 0) is 32.7 Å². The van der Waals surface area contributed by atoms with Gasteiger partial charge in [-0.15, -0.1) is 0 Å².